The minimum Gasteiger partial charge on any atom is -0.497 e. The maximum Gasteiger partial charge on any atom is 0.290 e. The number of likely N-dealkylation sites (N-methyl/N-ethyl adjacent to an activating group) is 1. The number of ether oxygens (including phenoxy) is 1. The van der Waals surface area contributed by atoms with Crippen LogP contribution in [0.25, 0.3) is 0 Å². The number of anilines is 1. The van der Waals surface area contributed by atoms with Crippen molar-refractivity contribution in [3.05, 3.63) is 60.2 Å². The summed E-state index contributed by atoms with van der Waals surface area (Å²) >= 11 is 0. The number of hydrogen-bond donors (Lipinski definition) is 1. The zero-order valence-electron chi connectivity index (χ0n) is 15.5. The van der Waals surface area contributed by atoms with Crippen LogP contribution in [-0.4, -0.2) is 42.7 Å². The molecule has 2 amide bonds. The van der Waals surface area contributed by atoms with Crippen molar-refractivity contribution in [3.63, 3.8) is 0 Å². The van der Waals surface area contributed by atoms with Gasteiger partial charge in [-0.3, -0.25) is 15.0 Å². The summed E-state index contributed by atoms with van der Waals surface area (Å²) < 4.78 is 5.22. The summed E-state index contributed by atoms with van der Waals surface area (Å²) in [5.74, 6) is 0.360. The lowest BCUT2D eigenvalue weighted by molar-refractivity contribution is -0.124. The number of carbonyl (C=O) groups excluding carboxylic acids is 2. The number of para-hydroxylation sites is 1. The standard InChI is InChI=1S/C20H22N4O3/c1-14-19(25)24(16-9-5-4-6-10-16)22-18(21-14)20(26)23(2)13-15-8-7-11-17(12-15)27-3/h4-12,14H,13H2,1-3H3,(H,21,22). The van der Waals surface area contributed by atoms with Gasteiger partial charge < -0.3 is 9.64 Å². The van der Waals surface area contributed by atoms with E-state index in [1.165, 1.54) is 5.01 Å². The fourth-order valence-electron chi connectivity index (χ4n) is 2.79. The van der Waals surface area contributed by atoms with Crippen LogP contribution < -0.4 is 15.2 Å². The molecule has 7 nitrogen and oxygen atoms in total. The molecule has 0 spiro atoms. The molecule has 1 unspecified atom stereocenters. The molecule has 1 heterocycles. The van der Waals surface area contributed by atoms with E-state index in [0.29, 0.717) is 12.2 Å². The normalized spacial score (nSPS) is 16.4. The fraction of sp³-hybridized carbons (Fsp3) is 0.250. The van der Waals surface area contributed by atoms with E-state index in [4.69, 9.17) is 4.74 Å². The molecule has 0 bridgehead atoms. The molecule has 0 aliphatic carbocycles. The molecule has 2 aromatic rings. The van der Waals surface area contributed by atoms with Crippen molar-refractivity contribution in [1.82, 2.24) is 10.3 Å². The third-order valence-electron chi connectivity index (χ3n) is 4.24. The molecule has 1 aliphatic rings. The molecular formula is C20H22N4O3. The predicted octanol–water partition coefficient (Wildman–Crippen LogP) is 1.99. The molecule has 0 aromatic heterocycles. The molecule has 27 heavy (non-hydrogen) atoms. The van der Waals surface area contributed by atoms with Crippen LogP contribution in [0.15, 0.2) is 59.6 Å². The van der Waals surface area contributed by atoms with Crippen molar-refractivity contribution in [2.45, 2.75) is 19.5 Å². The first kappa shape index (κ1) is 18.4. The molecule has 2 aromatic carbocycles. The first-order chi connectivity index (χ1) is 13.0. The predicted molar refractivity (Wildman–Crippen MR) is 103 cm³/mol. The number of methoxy groups -OCH3 is 1. The van der Waals surface area contributed by atoms with Crippen molar-refractivity contribution in [2.24, 2.45) is 4.99 Å². The highest BCUT2D eigenvalue weighted by Crippen LogP contribution is 2.17. The quantitative estimate of drug-likeness (QED) is 0.878. The van der Waals surface area contributed by atoms with Gasteiger partial charge in [-0.05, 0) is 36.8 Å². The molecule has 1 N–H and O–H groups in total. The van der Waals surface area contributed by atoms with Crippen LogP contribution in [0, 0.1) is 0 Å². The van der Waals surface area contributed by atoms with Crippen LogP contribution in [0.2, 0.25) is 0 Å². The Morgan fingerprint density at radius 2 is 1.96 bits per heavy atom. The van der Waals surface area contributed by atoms with E-state index in [9.17, 15) is 9.59 Å². The van der Waals surface area contributed by atoms with Gasteiger partial charge in [0.05, 0.1) is 12.8 Å². The molecule has 1 atom stereocenters. The van der Waals surface area contributed by atoms with Gasteiger partial charge in [-0.25, -0.2) is 10.0 Å². The van der Waals surface area contributed by atoms with E-state index < -0.39 is 6.04 Å². The van der Waals surface area contributed by atoms with Crippen molar-refractivity contribution in [1.29, 1.82) is 0 Å². The number of rotatable bonds is 5. The van der Waals surface area contributed by atoms with E-state index in [1.807, 2.05) is 42.5 Å². The summed E-state index contributed by atoms with van der Waals surface area (Å²) in [6, 6.07) is 16.0. The molecule has 0 saturated carbocycles. The van der Waals surface area contributed by atoms with E-state index in [0.717, 1.165) is 11.3 Å². The Morgan fingerprint density at radius 3 is 2.67 bits per heavy atom. The molecule has 0 saturated heterocycles. The van der Waals surface area contributed by atoms with Crippen molar-refractivity contribution >= 4 is 23.3 Å². The fourth-order valence-corrected chi connectivity index (χ4v) is 2.79. The van der Waals surface area contributed by atoms with Gasteiger partial charge in [-0.1, -0.05) is 30.3 Å². The van der Waals surface area contributed by atoms with Crippen LogP contribution in [0.4, 0.5) is 5.69 Å². The molecule has 0 fully saturated rings. The average molecular weight is 366 g/mol. The number of amides is 2. The van der Waals surface area contributed by atoms with E-state index in [-0.39, 0.29) is 17.6 Å². The minimum absolute atomic E-state index is 0.136. The molecule has 140 valence electrons. The number of amidine groups is 1. The highest BCUT2D eigenvalue weighted by molar-refractivity contribution is 6.39. The van der Waals surface area contributed by atoms with Gasteiger partial charge in [0.2, 0.25) is 5.84 Å². The SMILES string of the molecule is COc1cccc(CN(C)C(=O)C2=NC(C)C(=O)N(c3ccccc3)N2)c1. The Bertz CT molecular complexity index is 867. The molecular weight excluding hydrogens is 344 g/mol. The number of hydrogen-bond acceptors (Lipinski definition) is 5. The Morgan fingerprint density at radius 1 is 1.22 bits per heavy atom. The second-order valence-corrected chi connectivity index (χ2v) is 6.29. The third kappa shape index (κ3) is 4.08. The van der Waals surface area contributed by atoms with Crippen molar-refractivity contribution in [3.8, 4) is 5.75 Å². The van der Waals surface area contributed by atoms with Crippen molar-refractivity contribution < 1.29 is 14.3 Å². The van der Waals surface area contributed by atoms with Gasteiger partial charge in [0.1, 0.15) is 11.8 Å². The van der Waals surface area contributed by atoms with Gasteiger partial charge in [0.25, 0.3) is 11.8 Å². The molecule has 1 aliphatic heterocycles. The van der Waals surface area contributed by atoms with Crippen LogP contribution in [0.5, 0.6) is 5.75 Å². The van der Waals surface area contributed by atoms with Crippen LogP contribution in [-0.2, 0) is 16.1 Å². The number of nitrogens with zero attached hydrogens (tertiary/aromatic N) is 3. The monoisotopic (exact) mass is 366 g/mol. The number of nitrogens with one attached hydrogen (secondary N) is 1. The summed E-state index contributed by atoms with van der Waals surface area (Å²) in [4.78, 5) is 31.1. The lowest BCUT2D eigenvalue weighted by Gasteiger charge is -2.31. The summed E-state index contributed by atoms with van der Waals surface area (Å²) in [5, 5.41) is 1.37. The van der Waals surface area contributed by atoms with Gasteiger partial charge in [0.15, 0.2) is 0 Å². The van der Waals surface area contributed by atoms with Gasteiger partial charge >= 0.3 is 0 Å². The minimum atomic E-state index is -0.643. The van der Waals surface area contributed by atoms with Gasteiger partial charge in [-0.2, -0.15) is 0 Å². The Hall–Kier alpha value is -3.35. The second-order valence-electron chi connectivity index (χ2n) is 6.29. The van der Waals surface area contributed by atoms with Crippen molar-refractivity contribution in [2.75, 3.05) is 19.2 Å². The van der Waals surface area contributed by atoms with E-state index in [2.05, 4.69) is 10.4 Å². The summed E-state index contributed by atoms with van der Waals surface area (Å²) in [5.41, 5.74) is 4.45. The first-order valence-corrected chi connectivity index (χ1v) is 8.61. The van der Waals surface area contributed by atoms with Crippen LogP contribution in [0.1, 0.15) is 12.5 Å². The molecule has 0 radical (unpaired) electrons. The maximum atomic E-state index is 12.8. The zero-order chi connectivity index (χ0) is 19.4. The zero-order valence-corrected chi connectivity index (χ0v) is 15.5. The maximum absolute atomic E-state index is 12.8. The lowest BCUT2D eigenvalue weighted by atomic mass is 10.2. The van der Waals surface area contributed by atoms with Crippen LogP contribution in [0.3, 0.4) is 0 Å². The summed E-state index contributed by atoms with van der Waals surface area (Å²) in [7, 11) is 3.30. The largest absolute Gasteiger partial charge is 0.497 e. The molecule has 7 heteroatoms. The Balaban J connectivity index is 1.76. The second kappa shape index (κ2) is 7.90. The van der Waals surface area contributed by atoms with Gasteiger partial charge in [0, 0.05) is 13.6 Å². The summed E-state index contributed by atoms with van der Waals surface area (Å²) in [6.45, 7) is 2.07. The van der Waals surface area contributed by atoms with E-state index >= 15 is 0 Å². The lowest BCUT2D eigenvalue weighted by Crippen LogP contribution is -2.58. The first-order valence-electron chi connectivity index (χ1n) is 8.61. The number of hydrazine groups is 1. The molecule has 3 rings (SSSR count). The van der Waals surface area contributed by atoms with E-state index in [1.54, 1.807) is 38.1 Å². The number of benzene rings is 2. The van der Waals surface area contributed by atoms with Gasteiger partial charge in [-0.15, -0.1) is 0 Å². The number of carbonyl (C=O) groups is 2. The number of aliphatic imine (C=N–C) groups is 1. The summed E-state index contributed by atoms with van der Waals surface area (Å²) in [6.07, 6.45) is 0. The highest BCUT2D eigenvalue weighted by Gasteiger charge is 2.31. The Kier molecular flexibility index (Phi) is 5.40. The smallest absolute Gasteiger partial charge is 0.290 e. The Labute approximate surface area is 158 Å². The van der Waals surface area contributed by atoms with Crippen LogP contribution >= 0.6 is 0 Å². The third-order valence-corrected chi connectivity index (χ3v) is 4.24. The average Bonchev–Trinajstić information content (AvgIpc) is 2.70. The topological polar surface area (TPSA) is 74.2 Å². The highest BCUT2D eigenvalue weighted by atomic mass is 16.5.